The number of piperazine rings is 1. The van der Waals surface area contributed by atoms with Gasteiger partial charge < -0.3 is 14.8 Å². The highest BCUT2D eigenvalue weighted by atomic mass is 16.4. The smallest absolute Gasteiger partial charge is 0.335 e. The van der Waals surface area contributed by atoms with Crippen LogP contribution >= 0.6 is 0 Å². The van der Waals surface area contributed by atoms with Gasteiger partial charge in [-0.1, -0.05) is 0 Å². The van der Waals surface area contributed by atoms with Gasteiger partial charge in [0.05, 0.1) is 5.56 Å². The molecule has 3 aromatic rings. The number of carboxylic acids is 2. The molecule has 1 aliphatic heterocycles. The summed E-state index contributed by atoms with van der Waals surface area (Å²) >= 11 is 0. The average molecular weight is 408 g/mol. The van der Waals surface area contributed by atoms with Crippen molar-refractivity contribution in [2.45, 2.75) is 12.6 Å². The lowest BCUT2D eigenvalue weighted by atomic mass is 10.0. The van der Waals surface area contributed by atoms with Crippen molar-refractivity contribution in [1.82, 2.24) is 19.4 Å². The molecule has 4 rings (SSSR count). The maximum atomic E-state index is 12.3. The molecule has 0 bridgehead atoms. The summed E-state index contributed by atoms with van der Waals surface area (Å²) in [5, 5.41) is 20.1. The number of hydrogen-bond acceptors (Lipinski definition) is 5. The number of rotatable bonds is 6. The second-order valence-corrected chi connectivity index (χ2v) is 7.64. The molecule has 0 aliphatic carbocycles. The molecule has 1 saturated heterocycles. The van der Waals surface area contributed by atoms with E-state index in [0.29, 0.717) is 24.0 Å². The standard InChI is InChI=1S/C22H24N4O4/c1-24-14-18(17-12-16(21(27)28)2-3-19(17)24)20(22(29)30)26-10-8-25(9-11-26)13-15-4-6-23-7-5-15/h2-7,12,14,20H,8-11,13H2,1H3,(H,27,28)(H,29,30)/t20-/m0/s1. The van der Waals surface area contributed by atoms with Crippen molar-refractivity contribution >= 4 is 22.8 Å². The summed E-state index contributed by atoms with van der Waals surface area (Å²) in [5.41, 5.74) is 2.79. The van der Waals surface area contributed by atoms with E-state index >= 15 is 0 Å². The molecule has 8 nitrogen and oxygen atoms in total. The molecule has 2 aromatic heterocycles. The molecule has 156 valence electrons. The Morgan fingerprint density at radius 1 is 1.07 bits per heavy atom. The van der Waals surface area contributed by atoms with Crippen LogP contribution in [0.1, 0.15) is 27.5 Å². The molecule has 1 aromatic carbocycles. The van der Waals surface area contributed by atoms with Crippen LogP contribution < -0.4 is 0 Å². The largest absolute Gasteiger partial charge is 0.480 e. The third-order valence-corrected chi connectivity index (χ3v) is 5.72. The summed E-state index contributed by atoms with van der Waals surface area (Å²) < 4.78 is 1.85. The highest BCUT2D eigenvalue weighted by Gasteiger charge is 2.32. The molecular weight excluding hydrogens is 384 g/mol. The van der Waals surface area contributed by atoms with Crippen LogP contribution in [0.25, 0.3) is 10.9 Å². The highest BCUT2D eigenvalue weighted by molar-refractivity contribution is 5.96. The minimum absolute atomic E-state index is 0.154. The zero-order valence-electron chi connectivity index (χ0n) is 16.7. The molecule has 0 saturated carbocycles. The molecule has 0 radical (unpaired) electrons. The van der Waals surface area contributed by atoms with Crippen molar-refractivity contribution in [3.05, 3.63) is 65.6 Å². The van der Waals surface area contributed by atoms with Gasteiger partial charge >= 0.3 is 11.9 Å². The highest BCUT2D eigenvalue weighted by Crippen LogP contribution is 2.31. The Morgan fingerprint density at radius 2 is 1.77 bits per heavy atom. The lowest BCUT2D eigenvalue weighted by Crippen LogP contribution is -2.48. The Morgan fingerprint density at radius 3 is 2.40 bits per heavy atom. The molecule has 0 amide bonds. The van der Waals surface area contributed by atoms with Gasteiger partial charge in [-0.05, 0) is 35.9 Å². The molecule has 2 N–H and O–H groups in total. The van der Waals surface area contributed by atoms with E-state index in [2.05, 4.69) is 9.88 Å². The average Bonchev–Trinajstić information content (AvgIpc) is 3.05. The van der Waals surface area contributed by atoms with Crippen molar-refractivity contribution < 1.29 is 19.8 Å². The lowest BCUT2D eigenvalue weighted by molar-refractivity contribution is -0.144. The van der Waals surface area contributed by atoms with Gasteiger partial charge in [-0.2, -0.15) is 0 Å². The van der Waals surface area contributed by atoms with Crippen molar-refractivity contribution in [2.24, 2.45) is 7.05 Å². The van der Waals surface area contributed by atoms with Gasteiger partial charge in [0.2, 0.25) is 0 Å². The number of pyridine rings is 1. The Bertz CT molecular complexity index is 1070. The van der Waals surface area contributed by atoms with Crippen LogP contribution in [0.2, 0.25) is 0 Å². The monoisotopic (exact) mass is 408 g/mol. The number of hydrogen-bond donors (Lipinski definition) is 2. The number of nitrogens with zero attached hydrogens (tertiary/aromatic N) is 4. The van der Waals surface area contributed by atoms with Gasteiger partial charge in [0, 0.05) is 74.8 Å². The minimum Gasteiger partial charge on any atom is -0.480 e. The molecule has 0 unspecified atom stereocenters. The number of aromatic carboxylic acids is 1. The van der Waals surface area contributed by atoms with E-state index in [1.807, 2.05) is 28.6 Å². The molecular formula is C22H24N4O4. The normalized spacial score (nSPS) is 16.6. The predicted molar refractivity (Wildman–Crippen MR) is 111 cm³/mol. The molecule has 1 aliphatic rings. The number of benzene rings is 1. The second-order valence-electron chi connectivity index (χ2n) is 7.64. The number of fused-ring (bicyclic) bond motifs is 1. The van der Waals surface area contributed by atoms with Gasteiger partial charge in [0.1, 0.15) is 6.04 Å². The third kappa shape index (κ3) is 3.92. The van der Waals surface area contributed by atoms with E-state index in [4.69, 9.17) is 0 Å². The van der Waals surface area contributed by atoms with Crippen molar-refractivity contribution in [2.75, 3.05) is 26.2 Å². The number of aliphatic carboxylic acids is 1. The van der Waals surface area contributed by atoms with E-state index in [1.54, 1.807) is 36.8 Å². The molecule has 1 atom stereocenters. The van der Waals surface area contributed by atoms with Crippen molar-refractivity contribution in [1.29, 1.82) is 0 Å². The summed E-state index contributed by atoms with van der Waals surface area (Å²) in [4.78, 5) is 32.0. The fourth-order valence-corrected chi connectivity index (χ4v) is 4.19. The number of aryl methyl sites for hydroxylation is 1. The summed E-state index contributed by atoms with van der Waals surface area (Å²) in [5.74, 6) is -1.95. The van der Waals surface area contributed by atoms with Crippen LogP contribution in [0.5, 0.6) is 0 Å². The van der Waals surface area contributed by atoms with E-state index in [9.17, 15) is 19.8 Å². The van der Waals surface area contributed by atoms with Gasteiger partial charge in [-0.3, -0.25) is 19.6 Å². The zero-order chi connectivity index (χ0) is 21.3. The SMILES string of the molecule is Cn1cc([C@@H](C(=O)O)N2CCN(Cc3ccncc3)CC2)c2cc(C(=O)O)ccc21. The third-order valence-electron chi connectivity index (χ3n) is 5.72. The quantitative estimate of drug-likeness (QED) is 0.645. The Hall–Kier alpha value is -3.23. The molecule has 0 spiro atoms. The van der Waals surface area contributed by atoms with Crippen LogP contribution in [0, 0.1) is 0 Å². The first-order valence-electron chi connectivity index (χ1n) is 9.84. The van der Waals surface area contributed by atoms with Gasteiger partial charge in [-0.25, -0.2) is 4.79 Å². The first-order valence-corrected chi connectivity index (χ1v) is 9.84. The number of carboxylic acid groups (broad SMARTS) is 2. The second kappa shape index (κ2) is 8.25. The topological polar surface area (TPSA) is 98.9 Å². The molecule has 8 heteroatoms. The first-order chi connectivity index (χ1) is 14.4. The summed E-state index contributed by atoms with van der Waals surface area (Å²) in [7, 11) is 1.85. The Labute approximate surface area is 174 Å². The summed E-state index contributed by atoms with van der Waals surface area (Å²) in [6.07, 6.45) is 5.36. The van der Waals surface area contributed by atoms with E-state index in [-0.39, 0.29) is 5.56 Å². The maximum Gasteiger partial charge on any atom is 0.335 e. The van der Waals surface area contributed by atoms with Crippen LogP contribution in [-0.2, 0) is 18.4 Å². The van der Waals surface area contributed by atoms with Gasteiger partial charge in [0.15, 0.2) is 0 Å². The van der Waals surface area contributed by atoms with Crippen LogP contribution in [0.15, 0.2) is 48.9 Å². The predicted octanol–water partition coefficient (Wildman–Crippen LogP) is 2.21. The fourth-order valence-electron chi connectivity index (χ4n) is 4.19. The van der Waals surface area contributed by atoms with Crippen molar-refractivity contribution in [3.63, 3.8) is 0 Å². The van der Waals surface area contributed by atoms with E-state index in [1.165, 1.54) is 5.56 Å². The van der Waals surface area contributed by atoms with Gasteiger partial charge in [0.25, 0.3) is 0 Å². The molecule has 1 fully saturated rings. The fraction of sp³-hybridized carbons (Fsp3) is 0.318. The zero-order valence-corrected chi connectivity index (χ0v) is 16.7. The minimum atomic E-state index is -1.02. The number of aromatic nitrogens is 2. The molecule has 30 heavy (non-hydrogen) atoms. The maximum absolute atomic E-state index is 12.3. The Kier molecular flexibility index (Phi) is 5.52. The van der Waals surface area contributed by atoms with E-state index in [0.717, 1.165) is 25.2 Å². The first kappa shape index (κ1) is 20.1. The van der Waals surface area contributed by atoms with Crippen LogP contribution in [0.3, 0.4) is 0 Å². The van der Waals surface area contributed by atoms with Crippen LogP contribution in [-0.4, -0.2) is 67.7 Å². The number of carbonyl (C=O) groups is 2. The Balaban J connectivity index is 1.57. The lowest BCUT2D eigenvalue weighted by Gasteiger charge is -2.37. The van der Waals surface area contributed by atoms with Crippen molar-refractivity contribution in [3.8, 4) is 0 Å². The van der Waals surface area contributed by atoms with Gasteiger partial charge in [-0.15, -0.1) is 0 Å². The van der Waals surface area contributed by atoms with E-state index < -0.39 is 18.0 Å². The molecule has 3 heterocycles. The van der Waals surface area contributed by atoms with Crippen LogP contribution in [0.4, 0.5) is 0 Å². The summed E-state index contributed by atoms with van der Waals surface area (Å²) in [6, 6.07) is 8.00. The summed E-state index contributed by atoms with van der Waals surface area (Å²) in [6.45, 7) is 3.58.